The molecule has 3 aromatic rings. The Balaban J connectivity index is 1.91. The van der Waals surface area contributed by atoms with Crippen LogP contribution in [0.15, 0.2) is 47.8 Å². The molecule has 34 heavy (non-hydrogen) atoms. The van der Waals surface area contributed by atoms with Crippen LogP contribution in [0.25, 0.3) is 11.3 Å². The van der Waals surface area contributed by atoms with Gasteiger partial charge in [-0.05, 0) is 68.5 Å². The number of methoxy groups -OCH3 is 3. The number of hydrogen-bond acceptors (Lipinski definition) is 7. The minimum absolute atomic E-state index is 0.0827. The maximum Gasteiger partial charge on any atom is 0.260 e. The van der Waals surface area contributed by atoms with Gasteiger partial charge < -0.3 is 19.1 Å². The second-order valence-electron chi connectivity index (χ2n) is 7.65. The van der Waals surface area contributed by atoms with Gasteiger partial charge in [0.2, 0.25) is 0 Å². The average molecular weight is 484 g/mol. The molecule has 0 bridgehead atoms. The van der Waals surface area contributed by atoms with Crippen molar-refractivity contribution in [3.8, 4) is 28.5 Å². The highest BCUT2D eigenvalue weighted by Gasteiger charge is 2.22. The number of carbonyl (C=O) groups excluding carboxylic acids is 1. The van der Waals surface area contributed by atoms with E-state index in [0.717, 1.165) is 43.1 Å². The Labute approximate surface area is 205 Å². The molecule has 0 aliphatic heterocycles. The molecule has 1 heterocycles. The van der Waals surface area contributed by atoms with Crippen molar-refractivity contribution in [1.82, 2.24) is 9.88 Å². The van der Waals surface area contributed by atoms with Crippen molar-refractivity contribution in [1.29, 1.82) is 0 Å². The quantitative estimate of drug-likeness (QED) is 0.352. The third-order valence-corrected chi connectivity index (χ3v) is 6.60. The summed E-state index contributed by atoms with van der Waals surface area (Å²) in [4.78, 5) is 22.5. The Morgan fingerprint density at radius 2 is 1.59 bits per heavy atom. The number of nitrogens with zero attached hydrogens (tertiary/aromatic N) is 3. The van der Waals surface area contributed by atoms with Gasteiger partial charge in [0, 0.05) is 23.1 Å². The number of rotatable bonds is 12. The predicted octanol–water partition coefficient (Wildman–Crippen LogP) is 5.21. The molecule has 0 unspecified atom stereocenters. The molecule has 182 valence electrons. The molecule has 0 fully saturated rings. The van der Waals surface area contributed by atoms with Crippen LogP contribution >= 0.6 is 11.3 Å². The van der Waals surface area contributed by atoms with E-state index < -0.39 is 0 Å². The first-order valence-corrected chi connectivity index (χ1v) is 12.3. The highest BCUT2D eigenvalue weighted by atomic mass is 32.1. The van der Waals surface area contributed by atoms with Crippen molar-refractivity contribution in [3.63, 3.8) is 0 Å². The molecule has 0 N–H and O–H groups in total. The summed E-state index contributed by atoms with van der Waals surface area (Å²) in [6.45, 7) is 7.77. The lowest BCUT2D eigenvalue weighted by atomic mass is 10.1. The van der Waals surface area contributed by atoms with E-state index in [1.165, 1.54) is 11.3 Å². The molecule has 0 saturated heterocycles. The van der Waals surface area contributed by atoms with Gasteiger partial charge >= 0.3 is 0 Å². The third-order valence-electron chi connectivity index (χ3n) is 5.74. The summed E-state index contributed by atoms with van der Waals surface area (Å²) in [7, 11) is 4.87. The van der Waals surface area contributed by atoms with E-state index in [1.807, 2.05) is 23.6 Å². The standard InChI is InChI=1S/C26H33N3O4S/c1-6-28(7-2)15-8-16-29(25(30)19-9-11-20(31-3)12-10-19)26-27-23(18-34-26)22-17-21(32-4)13-14-24(22)33-5/h9-14,17-18H,6-8,15-16H2,1-5H3. The number of aromatic nitrogens is 1. The minimum atomic E-state index is -0.0827. The first kappa shape index (κ1) is 25.5. The fourth-order valence-corrected chi connectivity index (χ4v) is 4.54. The summed E-state index contributed by atoms with van der Waals surface area (Å²) in [5.74, 6) is 2.05. The maximum absolute atomic E-state index is 13.5. The molecule has 0 atom stereocenters. The molecule has 0 spiro atoms. The minimum Gasteiger partial charge on any atom is -0.497 e. The van der Waals surface area contributed by atoms with Crippen LogP contribution in [0.3, 0.4) is 0 Å². The van der Waals surface area contributed by atoms with E-state index in [4.69, 9.17) is 19.2 Å². The number of amides is 1. The SMILES string of the molecule is CCN(CC)CCCN(C(=O)c1ccc(OC)cc1)c1nc(-c2cc(OC)ccc2OC)cs1. The summed E-state index contributed by atoms with van der Waals surface area (Å²) in [6.07, 6.45) is 0.848. The van der Waals surface area contributed by atoms with Crippen molar-refractivity contribution in [2.24, 2.45) is 0 Å². The van der Waals surface area contributed by atoms with E-state index in [9.17, 15) is 4.79 Å². The molecule has 3 rings (SSSR count). The van der Waals surface area contributed by atoms with Crippen molar-refractivity contribution in [2.75, 3.05) is 52.4 Å². The number of hydrogen-bond donors (Lipinski definition) is 0. The second kappa shape index (κ2) is 12.4. The van der Waals surface area contributed by atoms with E-state index >= 15 is 0 Å². The van der Waals surface area contributed by atoms with Crippen molar-refractivity contribution < 1.29 is 19.0 Å². The summed E-state index contributed by atoms with van der Waals surface area (Å²) in [5, 5.41) is 2.60. The van der Waals surface area contributed by atoms with Gasteiger partial charge in [-0.25, -0.2) is 4.98 Å². The monoisotopic (exact) mass is 483 g/mol. The molecule has 1 amide bonds. The van der Waals surface area contributed by atoms with Gasteiger partial charge in [-0.15, -0.1) is 11.3 Å². The molecular formula is C26H33N3O4S. The molecule has 7 nitrogen and oxygen atoms in total. The van der Waals surface area contributed by atoms with Crippen molar-refractivity contribution in [3.05, 3.63) is 53.4 Å². The largest absolute Gasteiger partial charge is 0.497 e. The molecule has 8 heteroatoms. The number of thiazole rings is 1. The fraction of sp³-hybridized carbons (Fsp3) is 0.385. The van der Waals surface area contributed by atoms with Crippen LogP contribution in [0.1, 0.15) is 30.6 Å². The van der Waals surface area contributed by atoms with E-state index in [1.54, 1.807) is 50.5 Å². The Morgan fingerprint density at radius 3 is 2.21 bits per heavy atom. The third kappa shape index (κ3) is 6.07. The van der Waals surface area contributed by atoms with Gasteiger partial charge in [-0.1, -0.05) is 13.8 Å². The normalized spacial score (nSPS) is 10.9. The lowest BCUT2D eigenvalue weighted by Crippen LogP contribution is -2.34. The van der Waals surface area contributed by atoms with Crippen LogP contribution in [0.4, 0.5) is 5.13 Å². The van der Waals surface area contributed by atoms with Gasteiger partial charge in [0.15, 0.2) is 5.13 Å². The van der Waals surface area contributed by atoms with Gasteiger partial charge in [0.05, 0.1) is 27.0 Å². The van der Waals surface area contributed by atoms with Gasteiger partial charge in [0.1, 0.15) is 17.2 Å². The van der Waals surface area contributed by atoms with Crippen LogP contribution in [-0.2, 0) is 0 Å². The molecule has 0 aliphatic rings. The Hall–Kier alpha value is -3.10. The van der Waals surface area contributed by atoms with E-state index in [-0.39, 0.29) is 5.91 Å². The first-order valence-electron chi connectivity index (χ1n) is 11.4. The van der Waals surface area contributed by atoms with Crippen LogP contribution in [0.5, 0.6) is 17.2 Å². The smallest absolute Gasteiger partial charge is 0.260 e. The molecular weight excluding hydrogens is 450 g/mol. The summed E-state index contributed by atoms with van der Waals surface area (Å²) in [5.41, 5.74) is 2.16. The molecule has 0 radical (unpaired) electrons. The second-order valence-corrected chi connectivity index (χ2v) is 8.48. The zero-order valence-electron chi connectivity index (χ0n) is 20.5. The van der Waals surface area contributed by atoms with Gasteiger partial charge in [-0.3, -0.25) is 9.69 Å². The van der Waals surface area contributed by atoms with E-state index in [0.29, 0.717) is 28.7 Å². The van der Waals surface area contributed by atoms with Crippen LogP contribution in [0, 0.1) is 0 Å². The number of carbonyl (C=O) groups is 1. The highest BCUT2D eigenvalue weighted by Crippen LogP contribution is 2.36. The zero-order valence-corrected chi connectivity index (χ0v) is 21.4. The fourth-order valence-electron chi connectivity index (χ4n) is 3.69. The Bertz CT molecular complexity index is 1060. The van der Waals surface area contributed by atoms with Crippen LogP contribution in [0.2, 0.25) is 0 Å². The van der Waals surface area contributed by atoms with E-state index in [2.05, 4.69) is 18.7 Å². The average Bonchev–Trinajstić information content (AvgIpc) is 3.38. The topological polar surface area (TPSA) is 64.1 Å². The van der Waals surface area contributed by atoms with Gasteiger partial charge in [0.25, 0.3) is 5.91 Å². The Kier molecular flexibility index (Phi) is 9.30. The summed E-state index contributed by atoms with van der Waals surface area (Å²) in [6, 6.07) is 12.8. The summed E-state index contributed by atoms with van der Waals surface area (Å²) >= 11 is 1.45. The number of anilines is 1. The maximum atomic E-state index is 13.5. The number of ether oxygens (including phenoxy) is 3. The predicted molar refractivity (Wildman–Crippen MR) is 138 cm³/mol. The number of benzene rings is 2. The Morgan fingerprint density at radius 1 is 0.912 bits per heavy atom. The first-order chi connectivity index (χ1) is 16.5. The zero-order chi connectivity index (χ0) is 24.5. The van der Waals surface area contributed by atoms with Crippen LogP contribution < -0.4 is 19.1 Å². The van der Waals surface area contributed by atoms with Crippen molar-refractivity contribution >= 4 is 22.4 Å². The lowest BCUT2D eigenvalue weighted by molar-refractivity contribution is 0.0985. The van der Waals surface area contributed by atoms with Crippen molar-refractivity contribution in [2.45, 2.75) is 20.3 Å². The molecule has 0 aliphatic carbocycles. The lowest BCUT2D eigenvalue weighted by Gasteiger charge is -2.23. The van der Waals surface area contributed by atoms with Gasteiger partial charge in [-0.2, -0.15) is 0 Å². The highest BCUT2D eigenvalue weighted by molar-refractivity contribution is 7.14. The molecule has 2 aromatic carbocycles. The summed E-state index contributed by atoms with van der Waals surface area (Å²) < 4.78 is 16.2. The molecule has 0 saturated carbocycles. The molecule has 1 aromatic heterocycles. The van der Waals surface area contributed by atoms with Crippen LogP contribution in [-0.4, -0.2) is 63.3 Å².